The molecule has 0 aliphatic heterocycles. The van der Waals surface area contributed by atoms with Crippen molar-refractivity contribution in [3.63, 3.8) is 0 Å². The number of rotatable bonds is 4. The van der Waals surface area contributed by atoms with E-state index in [0.717, 1.165) is 30.3 Å². The lowest BCUT2D eigenvalue weighted by molar-refractivity contribution is 0.377. The van der Waals surface area contributed by atoms with Crippen molar-refractivity contribution in [1.82, 2.24) is 0 Å². The molecule has 2 aromatic rings. The molecule has 0 bridgehead atoms. The van der Waals surface area contributed by atoms with Crippen molar-refractivity contribution in [3.8, 4) is 6.07 Å². The zero-order valence-corrected chi connectivity index (χ0v) is 13.1. The first-order chi connectivity index (χ1) is 12.1. The van der Waals surface area contributed by atoms with Gasteiger partial charge in [-0.1, -0.05) is 0 Å². The molecule has 2 aromatic carbocycles. The van der Waals surface area contributed by atoms with Gasteiger partial charge < -0.3 is 0 Å². The number of hydrogen-bond donors (Lipinski definition) is 1. The molecule has 136 valence electrons. The molecule has 0 amide bonds. The summed E-state index contributed by atoms with van der Waals surface area (Å²) in [5, 5.41) is 8.92. The third kappa shape index (κ3) is 3.65. The summed E-state index contributed by atoms with van der Waals surface area (Å²) in [7, 11) is -4.75. The molecule has 2 rings (SSSR count). The van der Waals surface area contributed by atoms with Crippen LogP contribution in [-0.4, -0.2) is 8.42 Å². The van der Waals surface area contributed by atoms with Crippen LogP contribution in [0.15, 0.2) is 29.2 Å². The smallest absolute Gasteiger partial charge is 0.272 e. The quantitative estimate of drug-likeness (QED) is 0.372. The summed E-state index contributed by atoms with van der Waals surface area (Å²) in [5.41, 5.74) is -1.80. The Morgan fingerprint density at radius 1 is 0.885 bits per heavy atom. The van der Waals surface area contributed by atoms with Gasteiger partial charge in [0.05, 0.1) is 5.56 Å². The molecule has 4 nitrogen and oxygen atoms in total. The van der Waals surface area contributed by atoms with E-state index in [-0.39, 0.29) is 11.8 Å². The average Bonchev–Trinajstić information content (AvgIpc) is 2.60. The maximum Gasteiger partial charge on any atom is 0.272 e. The highest BCUT2D eigenvalue weighted by molar-refractivity contribution is 7.96. The fourth-order valence-corrected chi connectivity index (χ4v) is 2.73. The molecule has 11 heteroatoms. The van der Waals surface area contributed by atoms with Crippen molar-refractivity contribution in [3.05, 3.63) is 69.6 Å². The second kappa shape index (κ2) is 7.09. The SMILES string of the molecule is N#CC(=Cc1c(F)c(F)c(F)c(F)c1F)S(=O)(=O)Nc1ccc(F)cc1. The van der Waals surface area contributed by atoms with E-state index < -0.39 is 55.4 Å². The summed E-state index contributed by atoms with van der Waals surface area (Å²) in [6.45, 7) is 0. The summed E-state index contributed by atoms with van der Waals surface area (Å²) in [6, 6.07) is 4.84. The van der Waals surface area contributed by atoms with Crippen LogP contribution in [0.1, 0.15) is 5.56 Å². The minimum atomic E-state index is -4.75. The Balaban J connectivity index is 2.55. The van der Waals surface area contributed by atoms with E-state index in [1.165, 1.54) is 0 Å². The first kappa shape index (κ1) is 19.3. The Hall–Kier alpha value is -3.00. The first-order valence-corrected chi connectivity index (χ1v) is 7.98. The van der Waals surface area contributed by atoms with Gasteiger partial charge >= 0.3 is 0 Å². The highest BCUT2D eigenvalue weighted by atomic mass is 32.2. The number of nitrogens with one attached hydrogen (secondary N) is 1. The highest BCUT2D eigenvalue weighted by Crippen LogP contribution is 2.26. The van der Waals surface area contributed by atoms with Gasteiger partial charge in [0.2, 0.25) is 5.82 Å². The van der Waals surface area contributed by atoms with E-state index in [0.29, 0.717) is 0 Å². The average molecular weight is 392 g/mol. The molecule has 0 spiro atoms. The van der Waals surface area contributed by atoms with Crippen molar-refractivity contribution in [2.24, 2.45) is 0 Å². The minimum Gasteiger partial charge on any atom is -0.279 e. The molecule has 0 aliphatic carbocycles. The topological polar surface area (TPSA) is 70.0 Å². The molecule has 0 atom stereocenters. The molecular weight excluding hydrogens is 386 g/mol. The normalized spacial score (nSPS) is 12.0. The van der Waals surface area contributed by atoms with Crippen LogP contribution in [0.5, 0.6) is 0 Å². The van der Waals surface area contributed by atoms with Gasteiger partial charge in [-0.25, -0.2) is 34.8 Å². The van der Waals surface area contributed by atoms with Crippen LogP contribution < -0.4 is 4.72 Å². The predicted octanol–water partition coefficient (Wildman–Crippen LogP) is 3.83. The summed E-state index contributed by atoms with van der Waals surface area (Å²) in [4.78, 5) is -1.33. The van der Waals surface area contributed by atoms with Crippen molar-refractivity contribution in [2.45, 2.75) is 0 Å². The number of anilines is 1. The molecule has 1 N–H and O–H groups in total. The molecule has 0 aromatic heterocycles. The van der Waals surface area contributed by atoms with E-state index in [1.54, 1.807) is 4.72 Å². The number of sulfonamides is 1. The summed E-state index contributed by atoms with van der Waals surface area (Å²) in [5.74, 6) is -12.3. The Labute approximate surface area is 143 Å². The third-order valence-corrected chi connectivity index (χ3v) is 4.31. The maximum atomic E-state index is 13.6. The third-order valence-electron chi connectivity index (χ3n) is 3.02. The van der Waals surface area contributed by atoms with E-state index in [2.05, 4.69) is 0 Å². The highest BCUT2D eigenvalue weighted by Gasteiger charge is 2.27. The lowest BCUT2D eigenvalue weighted by atomic mass is 10.1. The molecule has 0 aliphatic rings. The molecule has 0 heterocycles. The Morgan fingerprint density at radius 2 is 1.35 bits per heavy atom. The maximum absolute atomic E-state index is 13.6. The Bertz CT molecular complexity index is 1010. The fraction of sp³-hybridized carbons (Fsp3) is 0. The van der Waals surface area contributed by atoms with Crippen LogP contribution in [0.2, 0.25) is 0 Å². The van der Waals surface area contributed by atoms with Gasteiger partial charge in [-0.05, 0) is 30.3 Å². The number of hydrogen-bond acceptors (Lipinski definition) is 3. The number of nitrogens with zero attached hydrogens (tertiary/aromatic N) is 1. The Kier molecular flexibility index (Phi) is 5.27. The molecule has 0 fully saturated rings. The minimum absolute atomic E-state index is 0.00211. The monoisotopic (exact) mass is 392 g/mol. The standard InChI is InChI=1S/C15H6F6N2O2S/c16-7-1-3-8(4-2-7)23-26(24,25)9(6-22)5-10-11(17)13(19)15(21)14(20)12(10)18/h1-5,23H. The van der Waals surface area contributed by atoms with Crippen molar-refractivity contribution >= 4 is 21.8 Å². The van der Waals surface area contributed by atoms with E-state index >= 15 is 0 Å². The summed E-state index contributed by atoms with van der Waals surface area (Å²) < 4.78 is 105. The van der Waals surface area contributed by atoms with Gasteiger partial charge in [0.25, 0.3) is 10.0 Å². The van der Waals surface area contributed by atoms with E-state index in [1.807, 2.05) is 0 Å². The lowest BCUT2D eigenvalue weighted by Gasteiger charge is -2.08. The second-order valence-electron chi connectivity index (χ2n) is 4.72. The summed E-state index contributed by atoms with van der Waals surface area (Å²) >= 11 is 0. The first-order valence-electron chi connectivity index (χ1n) is 6.50. The van der Waals surface area contributed by atoms with Crippen LogP contribution >= 0.6 is 0 Å². The number of nitriles is 1. The lowest BCUT2D eigenvalue weighted by Crippen LogP contribution is -2.15. The second-order valence-corrected chi connectivity index (χ2v) is 6.37. The van der Waals surface area contributed by atoms with Crippen molar-refractivity contribution in [1.29, 1.82) is 5.26 Å². The summed E-state index contributed by atoms with van der Waals surface area (Å²) in [6.07, 6.45) is 0.00211. The van der Waals surface area contributed by atoms with Gasteiger partial charge in [0.1, 0.15) is 11.9 Å². The molecule has 0 saturated carbocycles. The number of halogens is 6. The van der Waals surface area contributed by atoms with Gasteiger partial charge in [-0.3, -0.25) is 4.72 Å². The van der Waals surface area contributed by atoms with Gasteiger partial charge in [-0.2, -0.15) is 5.26 Å². The van der Waals surface area contributed by atoms with E-state index in [4.69, 9.17) is 5.26 Å². The molecule has 0 saturated heterocycles. The van der Waals surface area contributed by atoms with Crippen molar-refractivity contribution < 1.29 is 34.8 Å². The van der Waals surface area contributed by atoms with Crippen LogP contribution in [0, 0.1) is 46.2 Å². The van der Waals surface area contributed by atoms with Gasteiger partial charge in [-0.15, -0.1) is 0 Å². The fourth-order valence-electron chi connectivity index (χ4n) is 1.78. The van der Waals surface area contributed by atoms with Crippen LogP contribution in [0.25, 0.3) is 6.08 Å². The Morgan fingerprint density at radius 3 is 1.81 bits per heavy atom. The number of allylic oxidation sites excluding steroid dienone is 1. The van der Waals surface area contributed by atoms with Gasteiger partial charge in [0, 0.05) is 5.69 Å². The molecule has 0 unspecified atom stereocenters. The van der Waals surface area contributed by atoms with E-state index in [9.17, 15) is 34.8 Å². The molecule has 26 heavy (non-hydrogen) atoms. The molecule has 0 radical (unpaired) electrons. The number of benzene rings is 2. The largest absolute Gasteiger partial charge is 0.279 e. The van der Waals surface area contributed by atoms with Crippen LogP contribution in [0.3, 0.4) is 0 Å². The zero-order valence-electron chi connectivity index (χ0n) is 12.3. The zero-order chi connectivity index (χ0) is 19.6. The molecular formula is C15H6F6N2O2S. The van der Waals surface area contributed by atoms with Crippen molar-refractivity contribution in [2.75, 3.05) is 4.72 Å². The van der Waals surface area contributed by atoms with Gasteiger partial charge in [0.15, 0.2) is 28.2 Å². The predicted molar refractivity (Wildman–Crippen MR) is 78.8 cm³/mol. The van der Waals surface area contributed by atoms with Crippen LogP contribution in [0.4, 0.5) is 32.0 Å². The van der Waals surface area contributed by atoms with Crippen LogP contribution in [-0.2, 0) is 10.0 Å².